The number of ketones is 2. The number of carbonyl (C=O) groups is 4. The van der Waals surface area contributed by atoms with Crippen LogP contribution >= 0.6 is 0 Å². The van der Waals surface area contributed by atoms with Gasteiger partial charge in [-0.25, -0.2) is 4.79 Å². The van der Waals surface area contributed by atoms with Crippen molar-refractivity contribution in [3.8, 4) is 0 Å². The second-order valence-corrected chi connectivity index (χ2v) is 17.2. The number of piperidine rings is 1. The summed E-state index contributed by atoms with van der Waals surface area (Å²) in [4.78, 5) is 58.1. The van der Waals surface area contributed by atoms with Gasteiger partial charge in [-0.15, -0.1) is 6.58 Å². The van der Waals surface area contributed by atoms with Crippen LogP contribution < -0.4 is 0 Å². The van der Waals surface area contributed by atoms with E-state index in [9.17, 15) is 34.5 Å². The number of ether oxygens (including phenoxy) is 5. The maximum absolute atomic E-state index is 14.4. The van der Waals surface area contributed by atoms with Crippen molar-refractivity contribution in [1.82, 2.24) is 4.90 Å². The number of fused-ring (bicyclic) bond motifs is 6. The number of nitrogens with zero attached hydrogens (tertiary/aromatic N) is 1. The molecule has 5 aliphatic rings. The van der Waals surface area contributed by atoms with Crippen molar-refractivity contribution in [2.75, 3.05) is 27.9 Å². The molecule has 314 valence electrons. The van der Waals surface area contributed by atoms with Gasteiger partial charge in [0.2, 0.25) is 5.79 Å². The SMILES string of the molecule is C=CC[C@@H]1/C=C(\C)CC(C)C[C@H](OC)[C@H]2O[C@@](O)(C(=O)C(=O)N3CCCC[C@H]3C(=O)O[C@@H]3C(C)=C[C@@H]4CC[C@@H](O)[C@H](OC)C4[C@@H]3[C@@H](O)CC1=O)[C@H](C)C[C@@H]2OC. The average molecular weight is 788 g/mol. The minimum Gasteiger partial charge on any atom is -0.456 e. The van der Waals surface area contributed by atoms with Gasteiger partial charge in [0.25, 0.3) is 11.7 Å². The Balaban J connectivity index is 1.59. The van der Waals surface area contributed by atoms with Gasteiger partial charge < -0.3 is 43.9 Å². The molecule has 3 aliphatic heterocycles. The molecular formula is C43H65NO12. The molecule has 1 amide bonds. The van der Waals surface area contributed by atoms with Crippen LogP contribution in [0.4, 0.5) is 0 Å². The molecule has 5 rings (SSSR count). The monoisotopic (exact) mass is 787 g/mol. The number of Topliss-reactive ketones (excluding diaryl/α,β-unsaturated/α-hetero) is 2. The van der Waals surface area contributed by atoms with E-state index in [-0.39, 0.29) is 43.4 Å². The van der Waals surface area contributed by atoms with Crippen LogP contribution in [0.15, 0.2) is 36.0 Å². The maximum atomic E-state index is 14.4. The summed E-state index contributed by atoms with van der Waals surface area (Å²) in [5, 5.41) is 35.3. The first kappa shape index (κ1) is 44.3. The third-order valence-electron chi connectivity index (χ3n) is 13.2. The predicted molar refractivity (Wildman–Crippen MR) is 206 cm³/mol. The van der Waals surface area contributed by atoms with E-state index in [1.165, 1.54) is 26.2 Å². The van der Waals surface area contributed by atoms with Crippen molar-refractivity contribution in [1.29, 1.82) is 0 Å². The standard InChI is InChI=1S/C43H65NO12/c1-9-12-27-18-23(2)17-24(3)19-33(52-6)39-34(53-7)21-26(5)43(51,56-39)40(48)41(49)44-16-11-10-13-29(44)42(50)55-37-25(4)20-28-14-15-30(45)38(54-8)35(28)36(37)32(47)22-31(27)46/h9,18,20,24,26-30,32-39,45,47,51H,1,10-17,19,21-22H2,2-8H3/b23-18+/t24?,26-,27-,28+,29+,30-,32+,33+,34+,35?,36+,37-,38+,39-,43-/m1/s1. The highest BCUT2D eigenvalue weighted by molar-refractivity contribution is 6.39. The van der Waals surface area contributed by atoms with E-state index in [0.29, 0.717) is 50.5 Å². The molecule has 2 aliphatic carbocycles. The molecule has 15 atom stereocenters. The fourth-order valence-electron chi connectivity index (χ4n) is 10.3. The lowest BCUT2D eigenvalue weighted by Gasteiger charge is -2.50. The second-order valence-electron chi connectivity index (χ2n) is 17.2. The van der Waals surface area contributed by atoms with Crippen molar-refractivity contribution in [3.05, 3.63) is 36.0 Å². The first-order chi connectivity index (χ1) is 26.6. The highest BCUT2D eigenvalue weighted by Crippen LogP contribution is 2.47. The Labute approximate surface area is 331 Å². The van der Waals surface area contributed by atoms with Crippen LogP contribution in [0.25, 0.3) is 0 Å². The lowest BCUT2D eigenvalue weighted by Crippen LogP contribution is -2.64. The topological polar surface area (TPSA) is 178 Å². The summed E-state index contributed by atoms with van der Waals surface area (Å²) in [7, 11) is 4.55. The Bertz CT molecular complexity index is 1510. The Hall–Kier alpha value is -2.78. The third kappa shape index (κ3) is 9.09. The summed E-state index contributed by atoms with van der Waals surface area (Å²) in [5.41, 5.74) is 1.63. The van der Waals surface area contributed by atoms with Crippen LogP contribution in [0.5, 0.6) is 0 Å². The molecule has 0 aromatic carbocycles. The molecule has 13 nitrogen and oxygen atoms in total. The van der Waals surface area contributed by atoms with Crippen LogP contribution in [0.3, 0.4) is 0 Å². The van der Waals surface area contributed by atoms with Crippen molar-refractivity contribution in [3.63, 3.8) is 0 Å². The zero-order chi connectivity index (χ0) is 41.1. The minimum atomic E-state index is -2.51. The van der Waals surface area contributed by atoms with Crippen LogP contribution in [-0.4, -0.2) is 126 Å². The number of amides is 1. The lowest BCUT2D eigenvalue weighted by molar-refractivity contribution is -0.302. The fourth-order valence-corrected chi connectivity index (χ4v) is 10.3. The molecule has 0 aromatic rings. The van der Waals surface area contributed by atoms with Crippen molar-refractivity contribution in [2.45, 2.75) is 146 Å². The number of carbonyl (C=O) groups excluding carboxylic acids is 4. The lowest BCUT2D eigenvalue weighted by atomic mass is 9.61. The van der Waals surface area contributed by atoms with Crippen LogP contribution in [0, 0.1) is 35.5 Å². The molecular weight excluding hydrogens is 722 g/mol. The van der Waals surface area contributed by atoms with E-state index in [4.69, 9.17) is 23.7 Å². The van der Waals surface area contributed by atoms with Gasteiger partial charge in [0.05, 0.1) is 30.5 Å². The van der Waals surface area contributed by atoms with Gasteiger partial charge in [-0.05, 0) is 89.0 Å². The molecule has 2 unspecified atom stereocenters. The van der Waals surface area contributed by atoms with E-state index < -0.39 is 95.9 Å². The average Bonchev–Trinajstić information content (AvgIpc) is 3.17. The quantitative estimate of drug-likeness (QED) is 0.209. The second kappa shape index (κ2) is 18.9. The van der Waals surface area contributed by atoms with Crippen molar-refractivity contribution in [2.24, 2.45) is 35.5 Å². The van der Waals surface area contributed by atoms with E-state index in [1.807, 2.05) is 32.9 Å². The van der Waals surface area contributed by atoms with Gasteiger partial charge in [-0.3, -0.25) is 14.4 Å². The zero-order valence-electron chi connectivity index (χ0n) is 34.3. The highest BCUT2D eigenvalue weighted by atomic mass is 16.7. The summed E-state index contributed by atoms with van der Waals surface area (Å²) in [5.74, 6) is -8.54. The normalized spacial score (nSPS) is 43.1. The molecule has 3 heterocycles. The Morgan fingerprint density at radius 2 is 1.61 bits per heavy atom. The fraction of sp³-hybridized carbons (Fsp3) is 0.767. The van der Waals surface area contributed by atoms with Gasteiger partial charge in [-0.2, -0.15) is 0 Å². The van der Waals surface area contributed by atoms with Crippen molar-refractivity contribution >= 4 is 23.4 Å². The molecule has 2 saturated heterocycles. The summed E-state index contributed by atoms with van der Waals surface area (Å²) in [6.45, 7) is 11.4. The summed E-state index contributed by atoms with van der Waals surface area (Å²) in [6.07, 6.45) is 3.49. The molecule has 0 radical (unpaired) electrons. The first-order valence-electron chi connectivity index (χ1n) is 20.5. The number of methoxy groups -OCH3 is 3. The predicted octanol–water partition coefficient (Wildman–Crippen LogP) is 3.86. The van der Waals surface area contributed by atoms with E-state index in [2.05, 4.69) is 6.58 Å². The zero-order valence-corrected chi connectivity index (χ0v) is 34.3. The van der Waals surface area contributed by atoms with Crippen LogP contribution in [0.1, 0.15) is 91.9 Å². The molecule has 3 fully saturated rings. The van der Waals surface area contributed by atoms with E-state index in [1.54, 1.807) is 13.0 Å². The molecule has 3 N–H and O–H groups in total. The number of aliphatic hydroxyl groups excluding tert-OH is 2. The Morgan fingerprint density at radius 1 is 0.911 bits per heavy atom. The van der Waals surface area contributed by atoms with Gasteiger partial charge >= 0.3 is 5.97 Å². The van der Waals surface area contributed by atoms with Crippen molar-refractivity contribution < 1.29 is 58.2 Å². The van der Waals surface area contributed by atoms with Crippen LogP contribution in [-0.2, 0) is 42.9 Å². The number of aliphatic hydroxyl groups is 3. The number of allylic oxidation sites excluding steroid dienone is 4. The maximum Gasteiger partial charge on any atom is 0.329 e. The van der Waals surface area contributed by atoms with Crippen LogP contribution in [0.2, 0.25) is 0 Å². The number of rotatable bonds is 5. The molecule has 0 spiro atoms. The largest absolute Gasteiger partial charge is 0.456 e. The molecule has 1 saturated carbocycles. The molecule has 2 bridgehead atoms. The number of hydrogen-bond donors (Lipinski definition) is 3. The Morgan fingerprint density at radius 3 is 2.27 bits per heavy atom. The first-order valence-corrected chi connectivity index (χ1v) is 20.5. The molecule has 56 heavy (non-hydrogen) atoms. The van der Waals surface area contributed by atoms with E-state index >= 15 is 0 Å². The smallest absolute Gasteiger partial charge is 0.329 e. The Kier molecular flexibility index (Phi) is 14.9. The third-order valence-corrected chi connectivity index (χ3v) is 13.2. The van der Waals surface area contributed by atoms with Gasteiger partial charge in [0.15, 0.2) is 0 Å². The molecule has 0 aromatic heterocycles. The number of hydrogen-bond acceptors (Lipinski definition) is 12. The summed E-state index contributed by atoms with van der Waals surface area (Å²) >= 11 is 0. The minimum absolute atomic E-state index is 0.00284. The van der Waals surface area contributed by atoms with Gasteiger partial charge in [0, 0.05) is 58.0 Å². The summed E-state index contributed by atoms with van der Waals surface area (Å²) < 4.78 is 30.1. The number of esters is 1. The molecule has 13 heteroatoms. The van der Waals surface area contributed by atoms with Gasteiger partial charge in [0.1, 0.15) is 24.0 Å². The van der Waals surface area contributed by atoms with E-state index in [0.717, 1.165) is 5.57 Å². The van der Waals surface area contributed by atoms with Gasteiger partial charge in [-0.1, -0.05) is 37.6 Å². The highest BCUT2D eigenvalue weighted by Gasteiger charge is 2.57. The summed E-state index contributed by atoms with van der Waals surface area (Å²) in [6, 6.07) is -1.16.